The lowest BCUT2D eigenvalue weighted by Gasteiger charge is -2.05. The molecule has 0 spiro atoms. The van der Waals surface area contributed by atoms with E-state index in [1.54, 1.807) is 19.2 Å². The molecule has 3 rings (SSSR count). The highest BCUT2D eigenvalue weighted by Crippen LogP contribution is 2.29. The summed E-state index contributed by atoms with van der Waals surface area (Å²) in [5, 5.41) is 0. The van der Waals surface area contributed by atoms with Crippen molar-refractivity contribution in [3.8, 4) is 11.1 Å². The number of rotatable bonds is 4. The van der Waals surface area contributed by atoms with E-state index in [4.69, 9.17) is 0 Å². The molecule has 114 valence electrons. The maximum atomic E-state index is 14.1. The summed E-state index contributed by atoms with van der Waals surface area (Å²) >= 11 is 0. The van der Waals surface area contributed by atoms with Crippen LogP contribution in [0.25, 0.3) is 22.8 Å². The van der Waals surface area contributed by atoms with Gasteiger partial charge in [0.25, 0.3) is 0 Å². The molecule has 0 radical (unpaired) electrons. The molecule has 1 aromatic heterocycles. The molecule has 0 saturated carbocycles. The zero-order valence-electron chi connectivity index (χ0n) is 12.8. The highest BCUT2D eigenvalue weighted by atomic mass is 19.1. The van der Waals surface area contributed by atoms with E-state index in [0.29, 0.717) is 5.56 Å². The molecule has 23 heavy (non-hydrogen) atoms. The molecular formula is C20H17FN2. The maximum Gasteiger partial charge on any atom is 0.131 e. The molecule has 0 aliphatic heterocycles. The van der Waals surface area contributed by atoms with E-state index in [9.17, 15) is 4.39 Å². The molecule has 0 amide bonds. The van der Waals surface area contributed by atoms with Gasteiger partial charge in [0, 0.05) is 47.9 Å². The molecule has 3 heteroatoms. The topological polar surface area (TPSA) is 28.1 Å². The minimum atomic E-state index is -0.229. The predicted octanol–water partition coefficient (Wildman–Crippen LogP) is 5.06. The van der Waals surface area contributed by atoms with Crippen LogP contribution in [0.1, 0.15) is 11.1 Å². The Balaban J connectivity index is 2.09. The summed E-state index contributed by atoms with van der Waals surface area (Å²) in [7, 11) is 1.74. The molecule has 0 unspecified atom stereocenters. The standard InChI is InChI=1S/C20H17FN2/c1-22-12-16(15-7-3-2-4-8-15)11-17-13-23-14-19(17)18-9-5-6-10-20(18)21/h2-14,23H,1H3/b16-11+,22-12-. The van der Waals surface area contributed by atoms with Gasteiger partial charge in [-0.25, -0.2) is 4.39 Å². The van der Waals surface area contributed by atoms with E-state index in [-0.39, 0.29) is 5.82 Å². The Labute approximate surface area is 135 Å². The highest BCUT2D eigenvalue weighted by Gasteiger charge is 2.10. The van der Waals surface area contributed by atoms with Crippen LogP contribution in [-0.2, 0) is 0 Å². The van der Waals surface area contributed by atoms with Crippen molar-refractivity contribution >= 4 is 17.9 Å². The van der Waals surface area contributed by atoms with Crippen molar-refractivity contribution in [1.29, 1.82) is 0 Å². The van der Waals surface area contributed by atoms with E-state index in [0.717, 1.165) is 22.3 Å². The third kappa shape index (κ3) is 3.29. The lowest BCUT2D eigenvalue weighted by atomic mass is 10.00. The van der Waals surface area contributed by atoms with Gasteiger partial charge < -0.3 is 4.98 Å². The van der Waals surface area contributed by atoms with Crippen molar-refractivity contribution in [2.24, 2.45) is 4.99 Å². The van der Waals surface area contributed by atoms with E-state index in [1.165, 1.54) is 6.07 Å². The van der Waals surface area contributed by atoms with Gasteiger partial charge in [0.2, 0.25) is 0 Å². The summed E-state index contributed by atoms with van der Waals surface area (Å²) < 4.78 is 14.1. The van der Waals surface area contributed by atoms with Crippen LogP contribution in [0.15, 0.2) is 72.0 Å². The van der Waals surface area contributed by atoms with Crippen molar-refractivity contribution in [1.82, 2.24) is 4.98 Å². The van der Waals surface area contributed by atoms with E-state index >= 15 is 0 Å². The molecule has 0 fully saturated rings. The van der Waals surface area contributed by atoms with E-state index in [2.05, 4.69) is 9.98 Å². The number of aromatic nitrogens is 1. The van der Waals surface area contributed by atoms with Gasteiger partial charge in [-0.3, -0.25) is 4.99 Å². The fourth-order valence-corrected chi connectivity index (χ4v) is 2.54. The minimum absolute atomic E-state index is 0.229. The van der Waals surface area contributed by atoms with Gasteiger partial charge >= 0.3 is 0 Å². The normalized spacial score (nSPS) is 12.0. The van der Waals surface area contributed by atoms with Crippen molar-refractivity contribution in [2.75, 3.05) is 7.05 Å². The van der Waals surface area contributed by atoms with Gasteiger partial charge in [-0.1, -0.05) is 48.5 Å². The first-order valence-corrected chi connectivity index (χ1v) is 7.40. The molecule has 0 aliphatic rings. The molecule has 2 nitrogen and oxygen atoms in total. The van der Waals surface area contributed by atoms with Crippen molar-refractivity contribution in [3.05, 3.63) is 83.9 Å². The second-order valence-corrected chi connectivity index (χ2v) is 5.16. The summed E-state index contributed by atoms with van der Waals surface area (Å²) in [5.41, 5.74) is 4.39. The zero-order valence-corrected chi connectivity index (χ0v) is 12.8. The van der Waals surface area contributed by atoms with Gasteiger partial charge in [0.15, 0.2) is 0 Å². The first-order chi connectivity index (χ1) is 11.3. The van der Waals surface area contributed by atoms with Gasteiger partial charge in [0.05, 0.1) is 0 Å². The molecule has 0 bridgehead atoms. The first-order valence-electron chi connectivity index (χ1n) is 7.40. The van der Waals surface area contributed by atoms with Crippen LogP contribution < -0.4 is 0 Å². The molecule has 0 aliphatic carbocycles. The number of halogens is 1. The predicted molar refractivity (Wildman–Crippen MR) is 94.9 cm³/mol. The third-order valence-corrected chi connectivity index (χ3v) is 3.63. The maximum absolute atomic E-state index is 14.1. The second-order valence-electron chi connectivity index (χ2n) is 5.16. The molecule has 1 heterocycles. The summed E-state index contributed by atoms with van der Waals surface area (Å²) in [6.45, 7) is 0. The van der Waals surface area contributed by atoms with Crippen LogP contribution in [0.3, 0.4) is 0 Å². The zero-order chi connectivity index (χ0) is 16.1. The molecule has 0 atom stereocenters. The number of aliphatic imine (C=N–C) groups is 1. The number of benzene rings is 2. The Bertz CT molecular complexity index is 845. The molecule has 3 aromatic rings. The number of H-pyrrole nitrogens is 1. The largest absolute Gasteiger partial charge is 0.366 e. The third-order valence-electron chi connectivity index (χ3n) is 3.63. The number of nitrogens with zero attached hydrogens (tertiary/aromatic N) is 1. The summed E-state index contributed by atoms with van der Waals surface area (Å²) in [4.78, 5) is 7.20. The molecule has 0 saturated heterocycles. The Kier molecular flexibility index (Phi) is 4.48. The smallest absolute Gasteiger partial charge is 0.131 e. The number of allylic oxidation sites excluding steroid dienone is 1. The summed E-state index contributed by atoms with van der Waals surface area (Å²) in [6, 6.07) is 16.8. The van der Waals surface area contributed by atoms with E-state index < -0.39 is 0 Å². The van der Waals surface area contributed by atoms with Gasteiger partial charge in [-0.05, 0) is 17.7 Å². The average Bonchev–Trinajstić information content (AvgIpc) is 3.04. The lowest BCUT2D eigenvalue weighted by Crippen LogP contribution is -1.88. The number of aromatic amines is 1. The number of hydrogen-bond donors (Lipinski definition) is 1. The van der Waals surface area contributed by atoms with Crippen LogP contribution in [0.5, 0.6) is 0 Å². The fourth-order valence-electron chi connectivity index (χ4n) is 2.54. The minimum Gasteiger partial charge on any atom is -0.366 e. The van der Waals surface area contributed by atoms with E-state index in [1.807, 2.05) is 61.1 Å². The van der Waals surface area contributed by atoms with Crippen LogP contribution in [0.4, 0.5) is 4.39 Å². The van der Waals surface area contributed by atoms with Crippen LogP contribution in [0, 0.1) is 5.82 Å². The Morgan fingerprint density at radius 2 is 1.70 bits per heavy atom. The number of hydrogen-bond acceptors (Lipinski definition) is 1. The molecule has 1 N–H and O–H groups in total. The molecular weight excluding hydrogens is 287 g/mol. The van der Waals surface area contributed by atoms with Crippen molar-refractivity contribution < 1.29 is 4.39 Å². The lowest BCUT2D eigenvalue weighted by molar-refractivity contribution is 0.631. The monoisotopic (exact) mass is 304 g/mol. The Hall–Kier alpha value is -2.94. The molecule has 2 aromatic carbocycles. The Morgan fingerprint density at radius 3 is 2.43 bits per heavy atom. The van der Waals surface area contributed by atoms with Crippen LogP contribution >= 0.6 is 0 Å². The van der Waals surface area contributed by atoms with Crippen LogP contribution in [-0.4, -0.2) is 18.2 Å². The van der Waals surface area contributed by atoms with Gasteiger partial charge in [0.1, 0.15) is 5.82 Å². The fraction of sp³-hybridized carbons (Fsp3) is 0.0500. The quantitative estimate of drug-likeness (QED) is 0.652. The van der Waals surface area contributed by atoms with Crippen molar-refractivity contribution in [3.63, 3.8) is 0 Å². The van der Waals surface area contributed by atoms with Gasteiger partial charge in [-0.15, -0.1) is 0 Å². The Morgan fingerprint density at radius 1 is 0.957 bits per heavy atom. The summed E-state index contributed by atoms with van der Waals surface area (Å²) in [5.74, 6) is -0.229. The highest BCUT2D eigenvalue weighted by molar-refractivity contribution is 6.16. The summed E-state index contributed by atoms with van der Waals surface area (Å²) in [6.07, 6.45) is 7.51. The average molecular weight is 304 g/mol. The second kappa shape index (κ2) is 6.88. The first kappa shape index (κ1) is 15.0. The number of nitrogens with one attached hydrogen (secondary N) is 1. The van der Waals surface area contributed by atoms with Crippen LogP contribution in [0.2, 0.25) is 0 Å². The SMILES string of the molecule is C/N=C\C(=C/c1c[nH]cc1-c1ccccc1F)c1ccccc1. The van der Waals surface area contributed by atoms with Gasteiger partial charge in [-0.2, -0.15) is 0 Å². The van der Waals surface area contributed by atoms with Crippen molar-refractivity contribution in [2.45, 2.75) is 0 Å².